The van der Waals surface area contributed by atoms with Crippen LogP contribution in [-0.4, -0.2) is 10.6 Å². The van der Waals surface area contributed by atoms with Crippen molar-refractivity contribution in [2.45, 2.75) is 46.1 Å². The minimum absolute atomic E-state index is 0. The van der Waals surface area contributed by atoms with Crippen LogP contribution in [0, 0.1) is 20.1 Å². The average Bonchev–Trinajstić information content (AvgIpc) is 2.95. The van der Waals surface area contributed by atoms with E-state index in [4.69, 9.17) is 9.15 Å². The number of hydrogen-bond acceptors (Lipinski definition) is 3. The standard InChI is InChI=1S/C16H18NO2.W/c1-5-16(4)8-13-12(15-17-11(3)9-18-15)7-6-10(2)14(13)19-16;/h6-7H,5,8H2,1-4H3;/q-1;+2. The second kappa shape index (κ2) is 5.37. The number of rotatable bonds is 2. The van der Waals surface area contributed by atoms with Crippen molar-refractivity contribution in [3.63, 3.8) is 0 Å². The molecule has 0 aliphatic carbocycles. The Balaban J connectivity index is 0.00000147. The first-order valence-corrected chi connectivity index (χ1v) is 6.69. The topological polar surface area (TPSA) is 35.3 Å². The van der Waals surface area contributed by atoms with Gasteiger partial charge in [0.15, 0.2) is 0 Å². The monoisotopic (exact) mass is 440 g/mol. The first-order chi connectivity index (χ1) is 9.02. The van der Waals surface area contributed by atoms with Crippen LogP contribution >= 0.6 is 0 Å². The number of ether oxygens (including phenoxy) is 1. The molecule has 1 aromatic heterocycles. The molecular formula is C16H18NO2W+. The summed E-state index contributed by atoms with van der Waals surface area (Å²) in [4.78, 5) is 4.38. The Hall–Kier alpha value is -1.08. The molecule has 2 aromatic rings. The minimum Gasteiger partial charge on any atom is -0.627 e. The van der Waals surface area contributed by atoms with Crippen molar-refractivity contribution in [2.24, 2.45) is 0 Å². The summed E-state index contributed by atoms with van der Waals surface area (Å²) in [5.41, 5.74) is 4.07. The molecule has 104 valence electrons. The molecule has 1 unspecified atom stereocenters. The van der Waals surface area contributed by atoms with E-state index in [0.717, 1.165) is 29.8 Å². The van der Waals surface area contributed by atoms with Gasteiger partial charge in [0, 0.05) is 6.42 Å². The van der Waals surface area contributed by atoms with Crippen molar-refractivity contribution < 1.29 is 30.2 Å². The van der Waals surface area contributed by atoms with Gasteiger partial charge >= 0.3 is 21.1 Å². The summed E-state index contributed by atoms with van der Waals surface area (Å²) in [6, 6.07) is 4.13. The summed E-state index contributed by atoms with van der Waals surface area (Å²) in [6.45, 7) is 8.28. The van der Waals surface area contributed by atoms with Gasteiger partial charge < -0.3 is 14.1 Å². The summed E-state index contributed by atoms with van der Waals surface area (Å²) in [6.07, 6.45) is 4.66. The molecule has 1 aliphatic rings. The Bertz CT molecular complexity index is 635. The molecular weight excluding hydrogens is 422 g/mol. The second-order valence-corrected chi connectivity index (χ2v) is 5.53. The number of aromatic nitrogens is 1. The summed E-state index contributed by atoms with van der Waals surface area (Å²) < 4.78 is 11.6. The van der Waals surface area contributed by atoms with Gasteiger partial charge in [-0.15, -0.1) is 0 Å². The smallest absolute Gasteiger partial charge is 0.627 e. The molecule has 20 heavy (non-hydrogen) atoms. The summed E-state index contributed by atoms with van der Waals surface area (Å²) in [5.74, 6) is 1.63. The van der Waals surface area contributed by atoms with Gasteiger partial charge in [0.2, 0.25) is 0 Å². The van der Waals surface area contributed by atoms with Crippen molar-refractivity contribution in [1.29, 1.82) is 0 Å². The summed E-state index contributed by atoms with van der Waals surface area (Å²) in [7, 11) is 0. The summed E-state index contributed by atoms with van der Waals surface area (Å²) in [5, 5.41) is 0. The van der Waals surface area contributed by atoms with E-state index >= 15 is 0 Å². The van der Waals surface area contributed by atoms with Crippen LogP contribution < -0.4 is 4.74 Å². The fourth-order valence-corrected chi connectivity index (χ4v) is 2.55. The maximum Gasteiger partial charge on any atom is 2.00 e. The quantitative estimate of drug-likeness (QED) is 0.666. The van der Waals surface area contributed by atoms with Crippen molar-refractivity contribution in [1.82, 2.24) is 4.98 Å². The maximum absolute atomic E-state index is 6.16. The van der Waals surface area contributed by atoms with E-state index in [2.05, 4.69) is 44.2 Å². The van der Waals surface area contributed by atoms with Crippen LogP contribution in [0.15, 0.2) is 16.5 Å². The number of oxazole rings is 1. The molecule has 0 saturated carbocycles. The zero-order chi connectivity index (χ0) is 13.6. The van der Waals surface area contributed by atoms with Gasteiger partial charge in [-0.2, -0.15) is 0 Å². The molecule has 1 atom stereocenters. The molecule has 0 fully saturated rings. The zero-order valence-electron chi connectivity index (χ0n) is 12.2. The molecule has 3 nitrogen and oxygen atoms in total. The van der Waals surface area contributed by atoms with Gasteiger partial charge in [0.1, 0.15) is 11.4 Å². The minimum atomic E-state index is -0.117. The van der Waals surface area contributed by atoms with Crippen LogP contribution in [0.25, 0.3) is 11.5 Å². The molecule has 0 amide bonds. The predicted octanol–water partition coefficient (Wildman–Crippen LogP) is 3.86. The molecule has 0 bridgehead atoms. The number of aryl methyl sites for hydroxylation is 2. The van der Waals surface area contributed by atoms with Gasteiger partial charge in [0.25, 0.3) is 0 Å². The van der Waals surface area contributed by atoms with Gasteiger partial charge in [-0.05, 0) is 49.6 Å². The molecule has 0 spiro atoms. The van der Waals surface area contributed by atoms with E-state index in [0.29, 0.717) is 5.89 Å². The van der Waals surface area contributed by atoms with Gasteiger partial charge in [-0.3, -0.25) is 0 Å². The molecule has 0 saturated heterocycles. The van der Waals surface area contributed by atoms with Crippen molar-refractivity contribution in [3.05, 3.63) is 35.2 Å². The third-order valence-corrected chi connectivity index (χ3v) is 3.90. The number of fused-ring (bicyclic) bond motifs is 1. The normalized spacial score (nSPS) is 20.2. The van der Waals surface area contributed by atoms with Crippen LogP contribution in [0.2, 0.25) is 0 Å². The molecule has 3 rings (SSSR count). The number of hydrogen-bond donors (Lipinski definition) is 0. The zero-order valence-corrected chi connectivity index (χ0v) is 15.2. The van der Waals surface area contributed by atoms with Crippen molar-refractivity contribution >= 4 is 0 Å². The van der Waals surface area contributed by atoms with Crippen LogP contribution in [0.5, 0.6) is 5.75 Å². The molecule has 1 aromatic carbocycles. The van der Waals surface area contributed by atoms with Crippen LogP contribution in [-0.2, 0) is 27.5 Å². The van der Waals surface area contributed by atoms with E-state index in [1.54, 1.807) is 0 Å². The fraction of sp³-hybridized carbons (Fsp3) is 0.438. The number of benzene rings is 1. The van der Waals surface area contributed by atoms with Gasteiger partial charge in [-0.25, -0.2) is 0 Å². The summed E-state index contributed by atoms with van der Waals surface area (Å²) >= 11 is 0. The Morgan fingerprint density at radius 1 is 1.35 bits per heavy atom. The number of nitrogens with zero attached hydrogens (tertiary/aromatic N) is 1. The molecule has 0 radical (unpaired) electrons. The van der Waals surface area contributed by atoms with Crippen LogP contribution in [0.4, 0.5) is 0 Å². The molecule has 2 heterocycles. The van der Waals surface area contributed by atoms with Gasteiger partial charge in [-0.1, -0.05) is 25.3 Å². The third-order valence-electron chi connectivity index (χ3n) is 3.90. The predicted molar refractivity (Wildman–Crippen MR) is 73.3 cm³/mol. The first-order valence-electron chi connectivity index (χ1n) is 6.69. The Labute approximate surface area is 134 Å². The van der Waals surface area contributed by atoms with E-state index in [1.807, 2.05) is 6.92 Å². The SMILES string of the molecule is CCC1(C)Cc2c(-c3nc(C)[c-]o3)ccc(C)c2O1.[W+2]. The Morgan fingerprint density at radius 2 is 2.10 bits per heavy atom. The maximum atomic E-state index is 6.16. The molecule has 4 heteroatoms. The van der Waals surface area contributed by atoms with Gasteiger partial charge in [0.05, 0.1) is 5.89 Å². The van der Waals surface area contributed by atoms with E-state index in [1.165, 1.54) is 11.1 Å². The largest absolute Gasteiger partial charge is 2.00 e. The first kappa shape index (κ1) is 15.3. The van der Waals surface area contributed by atoms with E-state index < -0.39 is 0 Å². The fourth-order valence-electron chi connectivity index (χ4n) is 2.55. The van der Waals surface area contributed by atoms with Crippen molar-refractivity contribution in [2.75, 3.05) is 0 Å². The van der Waals surface area contributed by atoms with E-state index in [9.17, 15) is 0 Å². The Kier molecular flexibility index (Phi) is 4.11. The van der Waals surface area contributed by atoms with Crippen LogP contribution in [0.3, 0.4) is 0 Å². The third kappa shape index (κ3) is 2.44. The molecule has 0 N–H and O–H groups in total. The van der Waals surface area contributed by atoms with Crippen molar-refractivity contribution in [3.8, 4) is 17.2 Å². The Morgan fingerprint density at radius 3 is 2.70 bits per heavy atom. The van der Waals surface area contributed by atoms with E-state index in [-0.39, 0.29) is 26.7 Å². The van der Waals surface area contributed by atoms with Crippen LogP contribution in [0.1, 0.15) is 37.1 Å². The second-order valence-electron chi connectivity index (χ2n) is 5.53. The molecule has 1 aliphatic heterocycles. The average molecular weight is 440 g/mol.